The molecule has 9 nitrogen and oxygen atoms in total. The number of nitro groups is 1. The summed E-state index contributed by atoms with van der Waals surface area (Å²) in [5.74, 6) is -1.70. The molecule has 138 valence electrons. The maximum absolute atomic E-state index is 12.0. The third kappa shape index (κ3) is 7.46. The molecule has 0 spiro atoms. The van der Waals surface area contributed by atoms with Gasteiger partial charge < -0.3 is 20.6 Å². The molecular weight excluding hydrogens is 352 g/mol. The average molecular weight is 373 g/mol. The highest BCUT2D eigenvalue weighted by molar-refractivity contribution is 6.32. The van der Waals surface area contributed by atoms with Gasteiger partial charge in [-0.3, -0.25) is 19.7 Å². The number of carboxylic acids is 1. The van der Waals surface area contributed by atoms with Crippen LogP contribution in [0.4, 0.5) is 11.4 Å². The summed E-state index contributed by atoms with van der Waals surface area (Å²) in [7, 11) is 3.82. The molecule has 0 saturated heterocycles. The van der Waals surface area contributed by atoms with E-state index in [0.717, 1.165) is 19.0 Å². The number of carbonyl (C=O) groups excluding carboxylic acids is 1. The summed E-state index contributed by atoms with van der Waals surface area (Å²) in [5.41, 5.74) is -0.158. The quantitative estimate of drug-likeness (QED) is 0.323. The SMILES string of the molecule is CN(C)CCCNC(CC(=O)Nc1ccc(Cl)c([N+](=O)[O-])c1)C(=O)O. The standard InChI is InChI=1S/C15H21ClN4O5/c1-19(2)7-3-6-17-12(15(22)23)9-14(21)18-10-4-5-11(16)13(8-10)20(24)25/h4-5,8,12,17H,3,6-7,9H2,1-2H3,(H,18,21)(H,22,23). The van der Waals surface area contributed by atoms with Crippen LogP contribution in [-0.2, 0) is 9.59 Å². The Labute approximate surface area is 150 Å². The number of amides is 1. The van der Waals surface area contributed by atoms with E-state index in [2.05, 4.69) is 10.6 Å². The van der Waals surface area contributed by atoms with Crippen molar-refractivity contribution in [2.24, 2.45) is 0 Å². The number of hydrogen-bond donors (Lipinski definition) is 3. The minimum Gasteiger partial charge on any atom is -0.480 e. The molecule has 1 atom stereocenters. The molecule has 1 unspecified atom stereocenters. The maximum Gasteiger partial charge on any atom is 0.321 e. The molecule has 3 N–H and O–H groups in total. The fraction of sp³-hybridized carbons (Fsp3) is 0.467. The van der Waals surface area contributed by atoms with Gasteiger partial charge in [-0.1, -0.05) is 11.6 Å². The summed E-state index contributed by atoms with van der Waals surface area (Å²) in [6.07, 6.45) is 0.440. The van der Waals surface area contributed by atoms with E-state index < -0.39 is 22.8 Å². The van der Waals surface area contributed by atoms with Crippen molar-refractivity contribution in [1.82, 2.24) is 10.2 Å². The van der Waals surface area contributed by atoms with Crippen LogP contribution in [-0.4, -0.2) is 60.0 Å². The highest BCUT2D eigenvalue weighted by atomic mass is 35.5. The van der Waals surface area contributed by atoms with E-state index in [-0.39, 0.29) is 22.8 Å². The number of rotatable bonds is 10. The minimum atomic E-state index is -1.14. The molecule has 0 fully saturated rings. The third-order valence-electron chi connectivity index (χ3n) is 3.29. The van der Waals surface area contributed by atoms with Crippen LogP contribution in [0.15, 0.2) is 18.2 Å². The Morgan fingerprint density at radius 2 is 2.08 bits per heavy atom. The van der Waals surface area contributed by atoms with Crippen molar-refractivity contribution in [2.45, 2.75) is 18.9 Å². The smallest absolute Gasteiger partial charge is 0.321 e. The van der Waals surface area contributed by atoms with Crippen LogP contribution in [0.1, 0.15) is 12.8 Å². The van der Waals surface area contributed by atoms with Gasteiger partial charge in [0.25, 0.3) is 5.69 Å². The van der Waals surface area contributed by atoms with Gasteiger partial charge >= 0.3 is 5.97 Å². The molecule has 0 heterocycles. The molecule has 0 saturated carbocycles. The van der Waals surface area contributed by atoms with Crippen LogP contribution in [0.2, 0.25) is 5.02 Å². The predicted octanol–water partition coefficient (Wildman–Crippen LogP) is 1.57. The normalized spacial score (nSPS) is 12.0. The summed E-state index contributed by atoms with van der Waals surface area (Å²) < 4.78 is 0. The molecule has 25 heavy (non-hydrogen) atoms. The van der Waals surface area contributed by atoms with Crippen molar-refractivity contribution in [3.63, 3.8) is 0 Å². The second-order valence-electron chi connectivity index (χ2n) is 5.68. The van der Waals surface area contributed by atoms with Gasteiger partial charge in [-0.25, -0.2) is 0 Å². The molecule has 0 bridgehead atoms. The molecule has 1 amide bonds. The molecule has 10 heteroatoms. The zero-order valence-electron chi connectivity index (χ0n) is 14.0. The van der Waals surface area contributed by atoms with E-state index in [1.807, 2.05) is 19.0 Å². The average Bonchev–Trinajstić information content (AvgIpc) is 2.51. The van der Waals surface area contributed by atoms with Crippen molar-refractivity contribution in [1.29, 1.82) is 0 Å². The van der Waals surface area contributed by atoms with Crippen molar-refractivity contribution in [3.05, 3.63) is 33.3 Å². The van der Waals surface area contributed by atoms with Crippen molar-refractivity contribution in [3.8, 4) is 0 Å². The van der Waals surface area contributed by atoms with E-state index in [4.69, 9.17) is 11.6 Å². The van der Waals surface area contributed by atoms with Gasteiger partial charge in [0.05, 0.1) is 11.3 Å². The monoisotopic (exact) mass is 372 g/mol. The largest absolute Gasteiger partial charge is 0.480 e. The number of nitro benzene ring substituents is 1. The number of hydrogen-bond acceptors (Lipinski definition) is 6. The van der Waals surface area contributed by atoms with Gasteiger partial charge in [-0.2, -0.15) is 0 Å². The topological polar surface area (TPSA) is 125 Å². The van der Waals surface area contributed by atoms with Crippen LogP contribution in [0, 0.1) is 10.1 Å². The van der Waals surface area contributed by atoms with Crippen molar-refractivity contribution < 1.29 is 19.6 Å². The van der Waals surface area contributed by atoms with Gasteiger partial charge in [0.1, 0.15) is 11.1 Å². The fourth-order valence-corrected chi connectivity index (χ4v) is 2.23. The Balaban J connectivity index is 2.61. The lowest BCUT2D eigenvalue weighted by molar-refractivity contribution is -0.384. The van der Waals surface area contributed by atoms with E-state index in [0.29, 0.717) is 6.54 Å². The summed E-state index contributed by atoms with van der Waals surface area (Å²) in [4.78, 5) is 35.4. The third-order valence-corrected chi connectivity index (χ3v) is 3.61. The van der Waals surface area contributed by atoms with Gasteiger partial charge in [-0.15, -0.1) is 0 Å². The first-order valence-electron chi connectivity index (χ1n) is 7.55. The number of carbonyl (C=O) groups is 2. The lowest BCUT2D eigenvalue weighted by atomic mass is 10.2. The Morgan fingerprint density at radius 3 is 2.64 bits per heavy atom. The molecule has 1 aromatic carbocycles. The van der Waals surface area contributed by atoms with Crippen LogP contribution in [0.25, 0.3) is 0 Å². The predicted molar refractivity (Wildman–Crippen MR) is 94.0 cm³/mol. The first-order chi connectivity index (χ1) is 11.7. The number of carboxylic acid groups (broad SMARTS) is 1. The fourth-order valence-electron chi connectivity index (χ4n) is 2.05. The van der Waals surface area contributed by atoms with Crippen LogP contribution < -0.4 is 10.6 Å². The van der Waals surface area contributed by atoms with E-state index in [9.17, 15) is 24.8 Å². The zero-order valence-corrected chi connectivity index (χ0v) is 14.7. The van der Waals surface area contributed by atoms with E-state index in [1.54, 1.807) is 0 Å². The number of nitrogens with zero attached hydrogens (tertiary/aromatic N) is 2. The zero-order chi connectivity index (χ0) is 19.0. The number of nitrogens with one attached hydrogen (secondary N) is 2. The van der Waals surface area contributed by atoms with Crippen LogP contribution in [0.5, 0.6) is 0 Å². The summed E-state index contributed by atoms with van der Waals surface area (Å²) in [6, 6.07) is 2.79. The molecule has 0 aliphatic heterocycles. The van der Waals surface area contributed by atoms with Crippen LogP contribution in [0.3, 0.4) is 0 Å². The Kier molecular flexibility index (Phi) is 8.26. The number of halogens is 1. The second kappa shape index (κ2) is 9.92. The first kappa shape index (κ1) is 20.8. The molecule has 1 aromatic rings. The Morgan fingerprint density at radius 1 is 1.40 bits per heavy atom. The van der Waals surface area contributed by atoms with Crippen LogP contribution >= 0.6 is 11.6 Å². The minimum absolute atomic E-state index is 0.0472. The molecule has 0 aromatic heterocycles. The molecule has 0 aliphatic carbocycles. The van der Waals surface area contributed by atoms with Gasteiger partial charge in [0, 0.05) is 11.8 Å². The molecule has 1 rings (SSSR count). The summed E-state index contributed by atoms with van der Waals surface area (Å²) >= 11 is 5.70. The van der Waals surface area contributed by atoms with E-state index >= 15 is 0 Å². The van der Waals surface area contributed by atoms with Gasteiger partial charge in [0.2, 0.25) is 5.91 Å². The number of benzene rings is 1. The lowest BCUT2D eigenvalue weighted by Crippen LogP contribution is -2.40. The van der Waals surface area contributed by atoms with Gasteiger partial charge in [0.15, 0.2) is 0 Å². The number of anilines is 1. The summed E-state index contributed by atoms with van der Waals surface area (Å²) in [6.45, 7) is 1.24. The molecule has 0 aliphatic rings. The molecule has 0 radical (unpaired) electrons. The van der Waals surface area contributed by atoms with Gasteiger partial charge in [-0.05, 0) is 45.7 Å². The second-order valence-corrected chi connectivity index (χ2v) is 6.08. The Hall–Kier alpha value is -2.23. The highest BCUT2D eigenvalue weighted by Gasteiger charge is 2.21. The van der Waals surface area contributed by atoms with Crippen molar-refractivity contribution in [2.75, 3.05) is 32.5 Å². The molecular formula is C15H21ClN4O5. The van der Waals surface area contributed by atoms with Crippen molar-refractivity contribution >= 4 is 34.9 Å². The Bertz CT molecular complexity index is 638. The lowest BCUT2D eigenvalue weighted by Gasteiger charge is -2.15. The summed E-state index contributed by atoms with van der Waals surface area (Å²) in [5, 5.41) is 25.2. The highest BCUT2D eigenvalue weighted by Crippen LogP contribution is 2.27. The van der Waals surface area contributed by atoms with E-state index in [1.165, 1.54) is 12.1 Å². The maximum atomic E-state index is 12.0. The first-order valence-corrected chi connectivity index (χ1v) is 7.93. The number of aliphatic carboxylic acids is 1.